The monoisotopic (exact) mass is 403 g/mol. The van der Waals surface area contributed by atoms with Gasteiger partial charge < -0.3 is 9.47 Å². The Morgan fingerprint density at radius 2 is 1.60 bits per heavy atom. The van der Waals surface area contributed by atoms with E-state index in [-0.39, 0.29) is 23.6 Å². The number of carbonyl (C=O) groups excluding carboxylic acids is 2. The highest BCUT2D eigenvalue weighted by Gasteiger charge is 2.28. The first kappa shape index (κ1) is 19.6. The maximum Gasteiger partial charge on any atom is 0.258 e. The second-order valence-corrected chi connectivity index (χ2v) is 7.04. The first-order valence-corrected chi connectivity index (χ1v) is 9.56. The van der Waals surface area contributed by atoms with Gasteiger partial charge in [-0.15, -0.1) is 0 Å². The fourth-order valence-electron chi connectivity index (χ4n) is 3.53. The van der Waals surface area contributed by atoms with Crippen molar-refractivity contribution in [3.63, 3.8) is 0 Å². The fraction of sp³-hybridized carbons (Fsp3) is 0.217. The van der Waals surface area contributed by atoms with Gasteiger partial charge in [-0.05, 0) is 54.3 Å². The van der Waals surface area contributed by atoms with Gasteiger partial charge in [-0.2, -0.15) is 0 Å². The Kier molecular flexibility index (Phi) is 5.43. The van der Waals surface area contributed by atoms with Crippen molar-refractivity contribution in [1.29, 1.82) is 0 Å². The number of amides is 1. The van der Waals surface area contributed by atoms with Crippen molar-refractivity contribution in [3.8, 4) is 11.5 Å². The summed E-state index contributed by atoms with van der Waals surface area (Å²) in [6, 6.07) is 14.4. The van der Waals surface area contributed by atoms with Gasteiger partial charge in [0.15, 0.2) is 5.78 Å². The first-order valence-electron chi connectivity index (χ1n) is 9.56. The van der Waals surface area contributed by atoms with E-state index >= 15 is 0 Å². The normalized spacial score (nSPS) is 15.3. The van der Waals surface area contributed by atoms with Crippen LogP contribution in [0.15, 0.2) is 54.7 Å². The summed E-state index contributed by atoms with van der Waals surface area (Å²) in [6.45, 7) is 0. The number of nitrogens with one attached hydrogen (secondary N) is 1. The number of methoxy groups -OCH3 is 2. The molecule has 0 spiro atoms. The van der Waals surface area contributed by atoms with E-state index in [4.69, 9.17) is 9.47 Å². The number of aromatic nitrogens is 2. The Balaban J connectivity index is 1.53. The molecule has 1 aromatic heterocycles. The summed E-state index contributed by atoms with van der Waals surface area (Å²) in [6.07, 6.45) is 2.50. The summed E-state index contributed by atoms with van der Waals surface area (Å²) in [7, 11) is 3.19. The van der Waals surface area contributed by atoms with Crippen LogP contribution in [0.3, 0.4) is 0 Å². The smallest absolute Gasteiger partial charge is 0.258 e. The molecular weight excluding hydrogens is 382 g/mol. The zero-order valence-electron chi connectivity index (χ0n) is 16.7. The van der Waals surface area contributed by atoms with Crippen molar-refractivity contribution in [2.75, 3.05) is 19.5 Å². The number of benzene rings is 2. The predicted molar refractivity (Wildman–Crippen MR) is 111 cm³/mol. The number of hydrogen-bond acceptors (Lipinski definition) is 6. The summed E-state index contributed by atoms with van der Waals surface area (Å²) < 4.78 is 10.3. The second kappa shape index (κ2) is 8.32. The number of rotatable bonds is 5. The zero-order chi connectivity index (χ0) is 21.1. The lowest BCUT2D eigenvalue weighted by Crippen LogP contribution is -2.22. The molecule has 0 fully saturated rings. The molecule has 1 aliphatic carbocycles. The van der Waals surface area contributed by atoms with Crippen molar-refractivity contribution in [3.05, 3.63) is 77.1 Å². The summed E-state index contributed by atoms with van der Waals surface area (Å²) in [4.78, 5) is 33.7. The molecule has 7 heteroatoms. The topological polar surface area (TPSA) is 90.4 Å². The number of ketones is 1. The van der Waals surface area contributed by atoms with Gasteiger partial charge in [-0.3, -0.25) is 14.9 Å². The van der Waals surface area contributed by atoms with Gasteiger partial charge in [0.1, 0.15) is 11.5 Å². The van der Waals surface area contributed by atoms with E-state index in [1.807, 2.05) is 24.3 Å². The summed E-state index contributed by atoms with van der Waals surface area (Å²) >= 11 is 0. The molecule has 2 aromatic carbocycles. The number of hydrogen-bond donors (Lipinski definition) is 1. The van der Waals surface area contributed by atoms with Crippen molar-refractivity contribution in [1.82, 2.24) is 9.97 Å². The van der Waals surface area contributed by atoms with Crippen LogP contribution in [-0.4, -0.2) is 35.9 Å². The maximum atomic E-state index is 12.6. The number of carbonyl (C=O) groups is 2. The van der Waals surface area contributed by atoms with Crippen LogP contribution in [0, 0.1) is 0 Å². The van der Waals surface area contributed by atoms with Crippen molar-refractivity contribution in [2.45, 2.75) is 18.8 Å². The molecule has 30 heavy (non-hydrogen) atoms. The quantitative estimate of drug-likeness (QED) is 0.699. The van der Waals surface area contributed by atoms with E-state index in [2.05, 4.69) is 15.3 Å². The van der Waals surface area contributed by atoms with E-state index in [0.717, 1.165) is 11.3 Å². The molecular formula is C23H21N3O4. The predicted octanol–water partition coefficient (Wildman–Crippen LogP) is 3.66. The minimum Gasteiger partial charge on any atom is -0.497 e. The van der Waals surface area contributed by atoms with Crippen LogP contribution in [0.4, 0.5) is 5.95 Å². The standard InChI is InChI=1S/C23H21N3O4/c1-29-17-7-3-14(4-8-17)16-11-20-19(21(27)12-16)13-24-23(25-20)26-22(28)15-5-9-18(30-2)10-6-15/h3-10,13,16H,11-12H2,1-2H3,(H,24,25,26,28)/t16-/m1/s1. The Hall–Kier alpha value is -3.74. The van der Waals surface area contributed by atoms with Crippen LogP contribution < -0.4 is 14.8 Å². The van der Waals surface area contributed by atoms with E-state index in [9.17, 15) is 9.59 Å². The zero-order valence-corrected chi connectivity index (χ0v) is 16.7. The molecule has 0 saturated heterocycles. The molecule has 1 amide bonds. The molecule has 0 aliphatic heterocycles. The highest BCUT2D eigenvalue weighted by molar-refractivity contribution is 6.03. The molecule has 7 nitrogen and oxygen atoms in total. The Morgan fingerprint density at radius 1 is 0.967 bits per heavy atom. The molecule has 1 heterocycles. The molecule has 1 aliphatic rings. The number of Topliss-reactive ketones (excluding diaryl/α,β-unsaturated/α-hetero) is 1. The van der Waals surface area contributed by atoms with Gasteiger partial charge in [-0.25, -0.2) is 9.97 Å². The molecule has 0 radical (unpaired) electrons. The number of fused-ring (bicyclic) bond motifs is 1. The molecule has 0 saturated carbocycles. The number of nitrogens with zero attached hydrogens (tertiary/aromatic N) is 2. The summed E-state index contributed by atoms with van der Waals surface area (Å²) in [5, 5.41) is 2.70. The van der Waals surface area contributed by atoms with E-state index < -0.39 is 0 Å². The summed E-state index contributed by atoms with van der Waals surface area (Å²) in [5.41, 5.74) is 2.68. The minimum atomic E-state index is -0.327. The van der Waals surface area contributed by atoms with E-state index in [1.165, 1.54) is 6.20 Å². The molecule has 152 valence electrons. The van der Waals surface area contributed by atoms with E-state index in [1.54, 1.807) is 38.5 Å². The molecule has 3 aromatic rings. The van der Waals surface area contributed by atoms with Crippen LogP contribution in [0.25, 0.3) is 0 Å². The van der Waals surface area contributed by atoms with Crippen LogP contribution in [0.5, 0.6) is 11.5 Å². The van der Waals surface area contributed by atoms with Crippen LogP contribution in [0.1, 0.15) is 44.3 Å². The van der Waals surface area contributed by atoms with Gasteiger partial charge in [0, 0.05) is 18.2 Å². The van der Waals surface area contributed by atoms with Gasteiger partial charge in [0.2, 0.25) is 5.95 Å². The number of anilines is 1. The van der Waals surface area contributed by atoms with Gasteiger partial charge in [-0.1, -0.05) is 12.1 Å². The largest absolute Gasteiger partial charge is 0.497 e. The average Bonchev–Trinajstić information content (AvgIpc) is 2.79. The van der Waals surface area contributed by atoms with Crippen molar-refractivity contribution in [2.24, 2.45) is 0 Å². The highest BCUT2D eigenvalue weighted by Crippen LogP contribution is 2.32. The Bertz CT molecular complexity index is 1080. The fourth-order valence-corrected chi connectivity index (χ4v) is 3.53. The average molecular weight is 403 g/mol. The third kappa shape index (κ3) is 4.00. The van der Waals surface area contributed by atoms with Gasteiger partial charge in [0.25, 0.3) is 5.91 Å². The SMILES string of the molecule is COc1ccc(C(=O)Nc2ncc3c(n2)C[C@@H](c2ccc(OC)cc2)CC3=O)cc1. The molecule has 1 N–H and O–H groups in total. The second-order valence-electron chi connectivity index (χ2n) is 7.04. The van der Waals surface area contributed by atoms with Crippen LogP contribution in [-0.2, 0) is 6.42 Å². The lowest BCUT2D eigenvalue weighted by atomic mass is 9.82. The highest BCUT2D eigenvalue weighted by atomic mass is 16.5. The lowest BCUT2D eigenvalue weighted by molar-refractivity contribution is 0.0962. The summed E-state index contributed by atoms with van der Waals surface area (Å²) in [5.74, 6) is 1.32. The van der Waals surface area contributed by atoms with Crippen LogP contribution >= 0.6 is 0 Å². The Labute approximate surface area is 174 Å². The minimum absolute atomic E-state index is 0.00472. The molecule has 4 rings (SSSR count). The third-order valence-corrected chi connectivity index (χ3v) is 5.20. The van der Waals surface area contributed by atoms with Gasteiger partial charge >= 0.3 is 0 Å². The molecule has 1 atom stereocenters. The maximum absolute atomic E-state index is 12.6. The van der Waals surface area contributed by atoms with Crippen molar-refractivity contribution >= 4 is 17.6 Å². The van der Waals surface area contributed by atoms with E-state index in [0.29, 0.717) is 35.4 Å². The first-order chi connectivity index (χ1) is 14.6. The lowest BCUT2D eigenvalue weighted by Gasteiger charge is -2.23. The van der Waals surface area contributed by atoms with Crippen LogP contribution in [0.2, 0.25) is 0 Å². The molecule has 0 bridgehead atoms. The number of ether oxygens (including phenoxy) is 2. The van der Waals surface area contributed by atoms with Gasteiger partial charge in [0.05, 0.1) is 25.5 Å². The molecule has 0 unspecified atom stereocenters. The van der Waals surface area contributed by atoms with Crippen molar-refractivity contribution < 1.29 is 19.1 Å². The Morgan fingerprint density at radius 3 is 2.23 bits per heavy atom. The third-order valence-electron chi connectivity index (χ3n) is 5.20.